The van der Waals surface area contributed by atoms with Crippen LogP contribution in [0.4, 0.5) is 0 Å². The molecule has 0 unspecified atom stereocenters. The summed E-state index contributed by atoms with van der Waals surface area (Å²) < 4.78 is 10.6. The Morgan fingerprint density at radius 2 is 2.04 bits per heavy atom. The maximum atomic E-state index is 5.89. The summed E-state index contributed by atoms with van der Waals surface area (Å²) in [4.78, 5) is 8.92. The molecule has 2 aromatic rings. The molecule has 142 valence electrons. The summed E-state index contributed by atoms with van der Waals surface area (Å²) in [7, 11) is 0. The van der Waals surface area contributed by atoms with Crippen molar-refractivity contribution in [1.29, 1.82) is 0 Å². The summed E-state index contributed by atoms with van der Waals surface area (Å²) in [5, 5.41) is 11.2. The molecular weight excluding hydrogens is 354 g/mol. The van der Waals surface area contributed by atoms with Crippen molar-refractivity contribution < 1.29 is 9.26 Å². The zero-order chi connectivity index (χ0) is 18.6. The molecule has 0 atom stereocenters. The molecule has 2 rings (SSSR count). The van der Waals surface area contributed by atoms with Gasteiger partial charge in [-0.15, -0.1) is 0 Å². The number of hydrogen-bond acceptors (Lipinski definition) is 5. The van der Waals surface area contributed by atoms with Crippen LogP contribution in [0, 0.1) is 0 Å². The first-order valence-electron chi connectivity index (χ1n) is 8.91. The largest absolute Gasteiger partial charge is 0.382 e. The molecular formula is C18H26ClN5O2. The average molecular weight is 380 g/mol. The highest BCUT2D eigenvalue weighted by atomic mass is 35.5. The van der Waals surface area contributed by atoms with Gasteiger partial charge in [-0.3, -0.25) is 4.99 Å². The third-order valence-electron chi connectivity index (χ3n) is 3.47. The van der Waals surface area contributed by atoms with Gasteiger partial charge in [-0.25, -0.2) is 0 Å². The molecule has 0 saturated heterocycles. The van der Waals surface area contributed by atoms with Crippen molar-refractivity contribution >= 4 is 17.6 Å². The van der Waals surface area contributed by atoms with Gasteiger partial charge in [0.05, 0.1) is 0 Å². The van der Waals surface area contributed by atoms with Gasteiger partial charge in [-0.05, 0) is 44.5 Å². The lowest BCUT2D eigenvalue weighted by Crippen LogP contribution is -2.38. The summed E-state index contributed by atoms with van der Waals surface area (Å²) in [6.07, 6.45) is 1.52. The van der Waals surface area contributed by atoms with Crippen LogP contribution in [0.5, 0.6) is 0 Å². The number of guanidine groups is 1. The zero-order valence-corrected chi connectivity index (χ0v) is 16.1. The number of aromatic nitrogens is 2. The van der Waals surface area contributed by atoms with Gasteiger partial charge in [0.25, 0.3) is 0 Å². The van der Waals surface area contributed by atoms with Gasteiger partial charge in [0.2, 0.25) is 11.7 Å². The van der Waals surface area contributed by atoms with Gasteiger partial charge in [0.1, 0.15) is 0 Å². The van der Waals surface area contributed by atoms with Crippen LogP contribution in [-0.2, 0) is 11.2 Å². The van der Waals surface area contributed by atoms with E-state index in [0.717, 1.165) is 44.2 Å². The van der Waals surface area contributed by atoms with Gasteiger partial charge in [0, 0.05) is 49.9 Å². The lowest BCUT2D eigenvalue weighted by molar-refractivity contribution is 0.146. The van der Waals surface area contributed by atoms with Gasteiger partial charge in [0.15, 0.2) is 5.96 Å². The molecule has 7 nitrogen and oxygen atoms in total. The topological polar surface area (TPSA) is 84.6 Å². The predicted molar refractivity (Wildman–Crippen MR) is 104 cm³/mol. The van der Waals surface area contributed by atoms with Gasteiger partial charge in [-0.1, -0.05) is 16.8 Å². The Bertz CT molecular complexity index is 672. The van der Waals surface area contributed by atoms with Crippen LogP contribution >= 0.6 is 11.6 Å². The number of nitrogens with one attached hydrogen (secondary N) is 2. The minimum Gasteiger partial charge on any atom is -0.382 e. The van der Waals surface area contributed by atoms with E-state index >= 15 is 0 Å². The number of rotatable bonds is 10. The van der Waals surface area contributed by atoms with Crippen LogP contribution in [0.1, 0.15) is 26.2 Å². The molecule has 0 fully saturated rings. The lowest BCUT2D eigenvalue weighted by Gasteiger charge is -2.10. The summed E-state index contributed by atoms with van der Waals surface area (Å²) in [6, 6.07) is 7.35. The van der Waals surface area contributed by atoms with Gasteiger partial charge in [-0.2, -0.15) is 4.98 Å². The Labute approximate surface area is 159 Å². The van der Waals surface area contributed by atoms with Crippen LogP contribution in [0.15, 0.2) is 33.8 Å². The number of halogens is 1. The Morgan fingerprint density at radius 3 is 2.77 bits per heavy atom. The Morgan fingerprint density at radius 1 is 1.23 bits per heavy atom. The van der Waals surface area contributed by atoms with Crippen LogP contribution in [0.2, 0.25) is 5.02 Å². The van der Waals surface area contributed by atoms with Gasteiger partial charge >= 0.3 is 0 Å². The first-order valence-corrected chi connectivity index (χ1v) is 9.29. The maximum absolute atomic E-state index is 5.89. The summed E-state index contributed by atoms with van der Waals surface area (Å²) in [5.74, 6) is 1.92. The third kappa shape index (κ3) is 7.01. The van der Waals surface area contributed by atoms with E-state index in [4.69, 9.17) is 20.9 Å². The molecule has 0 radical (unpaired) electrons. The fourth-order valence-electron chi connectivity index (χ4n) is 2.20. The predicted octanol–water partition coefficient (Wildman–Crippen LogP) is 2.91. The standard InChI is InChI=1S/C18H26ClN5O2/c1-3-20-18(21-11-5-13-25-4-2)22-12-10-16-23-17(24-26-16)14-6-8-15(19)9-7-14/h6-9H,3-5,10-13H2,1-2H3,(H2,20,21,22). The highest BCUT2D eigenvalue weighted by Crippen LogP contribution is 2.18. The second-order valence-corrected chi connectivity index (χ2v) is 5.94. The Balaban J connectivity index is 1.79. The van der Waals surface area contributed by atoms with Crippen molar-refractivity contribution in [3.8, 4) is 11.4 Å². The molecule has 0 saturated carbocycles. The second kappa shape index (κ2) is 11.5. The number of hydrogen-bond donors (Lipinski definition) is 2. The normalized spacial score (nSPS) is 11.6. The smallest absolute Gasteiger partial charge is 0.228 e. The minimum absolute atomic E-state index is 0.563. The molecule has 0 aliphatic rings. The van der Waals surface area contributed by atoms with E-state index < -0.39 is 0 Å². The fourth-order valence-corrected chi connectivity index (χ4v) is 2.33. The third-order valence-corrected chi connectivity index (χ3v) is 3.72. The minimum atomic E-state index is 0.563. The summed E-state index contributed by atoms with van der Waals surface area (Å²) >= 11 is 5.89. The number of ether oxygens (including phenoxy) is 1. The quantitative estimate of drug-likeness (QED) is 0.375. The van der Waals surface area contributed by atoms with Crippen molar-refractivity contribution in [3.63, 3.8) is 0 Å². The molecule has 8 heteroatoms. The Hall–Kier alpha value is -2.12. The van der Waals surface area contributed by atoms with Crippen LogP contribution < -0.4 is 10.6 Å². The highest BCUT2D eigenvalue weighted by molar-refractivity contribution is 6.30. The van der Waals surface area contributed by atoms with Crippen LogP contribution in [-0.4, -0.2) is 48.9 Å². The molecule has 0 bridgehead atoms. The van der Waals surface area contributed by atoms with E-state index in [0.29, 0.717) is 29.7 Å². The molecule has 1 heterocycles. The first-order chi connectivity index (χ1) is 12.7. The van der Waals surface area contributed by atoms with E-state index in [-0.39, 0.29) is 0 Å². The highest BCUT2D eigenvalue weighted by Gasteiger charge is 2.08. The molecule has 0 aliphatic carbocycles. The van der Waals surface area contributed by atoms with E-state index in [9.17, 15) is 0 Å². The van der Waals surface area contributed by atoms with Crippen LogP contribution in [0.3, 0.4) is 0 Å². The number of aliphatic imine (C=N–C) groups is 1. The van der Waals surface area contributed by atoms with Crippen molar-refractivity contribution in [2.75, 3.05) is 32.8 Å². The molecule has 1 aromatic heterocycles. The fraction of sp³-hybridized carbons (Fsp3) is 0.500. The zero-order valence-electron chi connectivity index (χ0n) is 15.3. The summed E-state index contributed by atoms with van der Waals surface area (Å²) in [6.45, 7) is 7.67. The van der Waals surface area contributed by atoms with E-state index in [2.05, 4.69) is 25.8 Å². The van der Waals surface area contributed by atoms with Crippen molar-refractivity contribution in [3.05, 3.63) is 35.2 Å². The Kier molecular flexibility index (Phi) is 8.92. The monoisotopic (exact) mass is 379 g/mol. The summed E-state index contributed by atoms with van der Waals surface area (Å²) in [5.41, 5.74) is 0.876. The number of benzene rings is 1. The second-order valence-electron chi connectivity index (χ2n) is 5.51. The molecule has 2 N–H and O–H groups in total. The molecule has 0 aliphatic heterocycles. The van der Waals surface area contributed by atoms with Crippen molar-refractivity contribution in [2.45, 2.75) is 26.7 Å². The number of nitrogens with zero attached hydrogens (tertiary/aromatic N) is 3. The van der Waals surface area contributed by atoms with Crippen molar-refractivity contribution in [2.24, 2.45) is 4.99 Å². The maximum Gasteiger partial charge on any atom is 0.228 e. The SMILES string of the molecule is CCNC(=NCCCOCC)NCCc1nc(-c2ccc(Cl)cc2)no1. The average Bonchev–Trinajstić information content (AvgIpc) is 3.11. The molecule has 1 aromatic carbocycles. The van der Waals surface area contributed by atoms with Crippen LogP contribution in [0.25, 0.3) is 11.4 Å². The van der Waals surface area contributed by atoms with E-state index in [1.54, 1.807) is 12.1 Å². The molecule has 0 amide bonds. The van der Waals surface area contributed by atoms with E-state index in [1.165, 1.54) is 0 Å². The molecule has 26 heavy (non-hydrogen) atoms. The van der Waals surface area contributed by atoms with E-state index in [1.807, 2.05) is 26.0 Å². The molecule has 0 spiro atoms. The lowest BCUT2D eigenvalue weighted by atomic mass is 10.2. The first kappa shape index (κ1) is 20.2. The van der Waals surface area contributed by atoms with Gasteiger partial charge < -0.3 is 19.9 Å². The van der Waals surface area contributed by atoms with Crippen molar-refractivity contribution in [1.82, 2.24) is 20.8 Å².